The lowest BCUT2D eigenvalue weighted by Crippen LogP contribution is -2.64. The van der Waals surface area contributed by atoms with Crippen LogP contribution in [0.15, 0.2) is 0 Å². The average molecular weight is 227 g/mol. The van der Waals surface area contributed by atoms with Gasteiger partial charge in [0.2, 0.25) is 0 Å². The maximum Gasteiger partial charge on any atom is 0.115 e. The molecule has 0 amide bonds. The summed E-state index contributed by atoms with van der Waals surface area (Å²) in [6.45, 7) is 8.27. The van der Waals surface area contributed by atoms with Gasteiger partial charge in [-0.25, -0.2) is 4.39 Å². The van der Waals surface area contributed by atoms with Crippen LogP contribution in [0.5, 0.6) is 0 Å². The maximum atomic E-state index is 13.8. The fourth-order valence-corrected chi connectivity index (χ4v) is 4.21. The summed E-state index contributed by atoms with van der Waals surface area (Å²) in [5, 5.41) is 0. The van der Waals surface area contributed by atoms with Crippen molar-refractivity contribution >= 4 is 0 Å². The molecule has 4 atom stereocenters. The SMILES string of the molecule is CC(C)(C)C12CC(F)CN1CC1CCC2O1. The van der Waals surface area contributed by atoms with Gasteiger partial charge >= 0.3 is 0 Å². The molecule has 92 valence electrons. The number of halogens is 1. The Morgan fingerprint density at radius 3 is 2.69 bits per heavy atom. The first-order valence-corrected chi connectivity index (χ1v) is 6.48. The molecular weight excluding hydrogens is 205 g/mol. The van der Waals surface area contributed by atoms with Crippen molar-refractivity contribution in [1.29, 1.82) is 0 Å². The highest BCUT2D eigenvalue weighted by Gasteiger charge is 2.62. The third-order valence-corrected chi connectivity index (χ3v) is 4.88. The van der Waals surface area contributed by atoms with E-state index in [0.29, 0.717) is 19.1 Å². The second-order valence-electron chi connectivity index (χ2n) is 6.70. The lowest BCUT2D eigenvalue weighted by molar-refractivity contribution is -0.154. The van der Waals surface area contributed by atoms with Crippen LogP contribution in [0.1, 0.15) is 40.0 Å². The third-order valence-electron chi connectivity index (χ3n) is 4.88. The minimum Gasteiger partial charge on any atom is -0.372 e. The van der Waals surface area contributed by atoms with Crippen molar-refractivity contribution in [1.82, 2.24) is 4.90 Å². The second-order valence-corrected chi connectivity index (χ2v) is 6.70. The molecule has 0 radical (unpaired) electrons. The van der Waals surface area contributed by atoms with Crippen molar-refractivity contribution in [3.05, 3.63) is 0 Å². The Morgan fingerprint density at radius 2 is 2.00 bits per heavy atom. The van der Waals surface area contributed by atoms with Gasteiger partial charge in [-0.3, -0.25) is 4.90 Å². The lowest BCUT2D eigenvalue weighted by Gasteiger charge is -2.54. The molecule has 0 spiro atoms. The number of ether oxygens (including phenoxy) is 1. The van der Waals surface area contributed by atoms with E-state index < -0.39 is 6.17 Å². The Morgan fingerprint density at radius 1 is 1.25 bits per heavy atom. The first kappa shape index (κ1) is 11.0. The Hall–Kier alpha value is -0.150. The van der Waals surface area contributed by atoms with Gasteiger partial charge in [-0.1, -0.05) is 20.8 Å². The second kappa shape index (κ2) is 3.20. The van der Waals surface area contributed by atoms with Gasteiger partial charge in [-0.15, -0.1) is 0 Å². The van der Waals surface area contributed by atoms with Crippen molar-refractivity contribution in [2.24, 2.45) is 5.41 Å². The molecule has 3 aliphatic heterocycles. The predicted molar refractivity (Wildman–Crippen MR) is 61.2 cm³/mol. The molecule has 16 heavy (non-hydrogen) atoms. The smallest absolute Gasteiger partial charge is 0.115 e. The van der Waals surface area contributed by atoms with E-state index in [-0.39, 0.29) is 17.1 Å². The van der Waals surface area contributed by atoms with Crippen molar-refractivity contribution in [2.75, 3.05) is 13.1 Å². The molecule has 0 N–H and O–H groups in total. The molecule has 3 aliphatic rings. The Balaban J connectivity index is 2.02. The number of alkyl halides is 1. The lowest BCUT2D eigenvalue weighted by atomic mass is 9.67. The van der Waals surface area contributed by atoms with E-state index in [1.54, 1.807) is 0 Å². The van der Waals surface area contributed by atoms with Crippen LogP contribution in [0.4, 0.5) is 4.39 Å². The highest BCUT2D eigenvalue weighted by molar-refractivity contribution is 5.15. The fraction of sp³-hybridized carbons (Fsp3) is 1.00. The Labute approximate surface area is 97.1 Å². The van der Waals surface area contributed by atoms with E-state index in [4.69, 9.17) is 4.74 Å². The molecule has 3 saturated heterocycles. The van der Waals surface area contributed by atoms with Gasteiger partial charge in [0.25, 0.3) is 0 Å². The van der Waals surface area contributed by atoms with Crippen LogP contribution in [0.25, 0.3) is 0 Å². The molecule has 3 heteroatoms. The van der Waals surface area contributed by atoms with Gasteiger partial charge < -0.3 is 4.74 Å². The number of rotatable bonds is 0. The normalized spacial score (nSPS) is 48.4. The van der Waals surface area contributed by atoms with Gasteiger partial charge in [0, 0.05) is 19.5 Å². The van der Waals surface area contributed by atoms with Crippen LogP contribution in [0.2, 0.25) is 0 Å². The van der Waals surface area contributed by atoms with Crippen LogP contribution < -0.4 is 0 Å². The summed E-state index contributed by atoms with van der Waals surface area (Å²) in [4.78, 5) is 2.39. The molecule has 0 aromatic heterocycles. The third kappa shape index (κ3) is 1.25. The zero-order valence-electron chi connectivity index (χ0n) is 10.5. The van der Waals surface area contributed by atoms with Crippen LogP contribution >= 0.6 is 0 Å². The summed E-state index contributed by atoms with van der Waals surface area (Å²) in [7, 11) is 0. The molecule has 3 heterocycles. The number of nitrogens with zero attached hydrogens (tertiary/aromatic N) is 1. The molecule has 0 aliphatic carbocycles. The van der Waals surface area contributed by atoms with E-state index in [9.17, 15) is 4.39 Å². The Kier molecular flexibility index (Phi) is 2.19. The largest absolute Gasteiger partial charge is 0.372 e. The van der Waals surface area contributed by atoms with Crippen LogP contribution in [0.3, 0.4) is 0 Å². The van der Waals surface area contributed by atoms with Crippen LogP contribution in [0, 0.1) is 5.41 Å². The minimum atomic E-state index is -0.665. The van der Waals surface area contributed by atoms with Gasteiger partial charge in [-0.05, 0) is 18.3 Å². The standard InChI is InChI=1S/C13H22FNO/c1-12(2,3)13-6-9(14)7-15(13)8-10-4-5-11(13)16-10/h9-11H,4-8H2,1-3H3. The summed E-state index contributed by atoms with van der Waals surface area (Å²) in [5.41, 5.74) is 0.0350. The zero-order valence-corrected chi connectivity index (χ0v) is 10.5. The van der Waals surface area contributed by atoms with Crippen molar-refractivity contribution in [3.8, 4) is 0 Å². The molecule has 0 saturated carbocycles. The predicted octanol–water partition coefficient (Wildman–Crippen LogP) is 2.38. The molecule has 0 aromatic rings. The number of morpholine rings is 1. The molecule has 2 bridgehead atoms. The molecule has 2 nitrogen and oxygen atoms in total. The van der Waals surface area contributed by atoms with E-state index in [1.807, 2.05) is 0 Å². The van der Waals surface area contributed by atoms with Gasteiger partial charge in [0.15, 0.2) is 0 Å². The Bertz CT molecular complexity index is 301. The topological polar surface area (TPSA) is 12.5 Å². The minimum absolute atomic E-state index is 0.0561. The molecule has 0 aromatic carbocycles. The van der Waals surface area contributed by atoms with E-state index in [1.165, 1.54) is 0 Å². The van der Waals surface area contributed by atoms with Gasteiger partial charge in [-0.2, -0.15) is 0 Å². The van der Waals surface area contributed by atoms with Gasteiger partial charge in [0.1, 0.15) is 6.17 Å². The van der Waals surface area contributed by atoms with Crippen molar-refractivity contribution in [3.63, 3.8) is 0 Å². The maximum absolute atomic E-state index is 13.8. The van der Waals surface area contributed by atoms with Crippen molar-refractivity contribution in [2.45, 2.75) is 64.0 Å². The summed E-state index contributed by atoms with van der Waals surface area (Å²) in [5.74, 6) is 0. The van der Waals surface area contributed by atoms with E-state index in [2.05, 4.69) is 25.7 Å². The highest BCUT2D eigenvalue weighted by atomic mass is 19.1. The zero-order chi connectivity index (χ0) is 11.6. The summed E-state index contributed by atoms with van der Waals surface area (Å²) < 4.78 is 19.9. The highest BCUT2D eigenvalue weighted by Crippen LogP contribution is 2.53. The number of fused-ring (bicyclic) bond motifs is 4. The van der Waals surface area contributed by atoms with Gasteiger partial charge in [0.05, 0.1) is 17.7 Å². The summed E-state index contributed by atoms with van der Waals surface area (Å²) in [6, 6.07) is 0. The van der Waals surface area contributed by atoms with Crippen LogP contribution in [-0.4, -0.2) is 41.9 Å². The monoisotopic (exact) mass is 227 g/mol. The van der Waals surface area contributed by atoms with E-state index >= 15 is 0 Å². The molecule has 3 fully saturated rings. The van der Waals surface area contributed by atoms with Crippen molar-refractivity contribution < 1.29 is 9.13 Å². The molecular formula is C13H22FNO. The first-order chi connectivity index (χ1) is 7.43. The van der Waals surface area contributed by atoms with E-state index in [0.717, 1.165) is 19.4 Å². The average Bonchev–Trinajstić information content (AvgIpc) is 2.69. The summed E-state index contributed by atoms with van der Waals surface area (Å²) in [6.07, 6.45) is 2.90. The fourth-order valence-electron chi connectivity index (χ4n) is 4.21. The number of hydrogen-bond donors (Lipinski definition) is 0. The summed E-state index contributed by atoms with van der Waals surface area (Å²) >= 11 is 0. The first-order valence-electron chi connectivity index (χ1n) is 6.48. The number of hydrogen-bond acceptors (Lipinski definition) is 2. The van der Waals surface area contributed by atoms with Crippen LogP contribution in [-0.2, 0) is 4.74 Å². The molecule has 3 rings (SSSR count). The quantitative estimate of drug-likeness (QED) is 0.630. The molecule has 4 unspecified atom stereocenters.